The standard InChI is InChI=1S/C17H22N2O3S/c1-3-16-19-14(11-23-16)7-8-18-17(21)12(2)22-15-6-4-5-13(9-15)10-20/h4-6,9,11-12,20H,3,7-8,10H2,1-2H3,(H,18,21). The number of hydrogen-bond acceptors (Lipinski definition) is 5. The quantitative estimate of drug-likeness (QED) is 0.777. The van der Waals surface area contributed by atoms with Crippen molar-refractivity contribution in [1.29, 1.82) is 0 Å². The van der Waals surface area contributed by atoms with E-state index in [1.807, 2.05) is 5.38 Å². The molecule has 1 aromatic heterocycles. The van der Waals surface area contributed by atoms with Gasteiger partial charge in [-0.25, -0.2) is 4.98 Å². The number of aromatic nitrogens is 1. The first-order valence-electron chi connectivity index (χ1n) is 7.69. The van der Waals surface area contributed by atoms with Crippen LogP contribution in [0.25, 0.3) is 0 Å². The first-order chi connectivity index (χ1) is 11.1. The van der Waals surface area contributed by atoms with Crippen molar-refractivity contribution in [3.63, 3.8) is 0 Å². The van der Waals surface area contributed by atoms with Gasteiger partial charge in [-0.2, -0.15) is 0 Å². The van der Waals surface area contributed by atoms with Gasteiger partial charge in [-0.1, -0.05) is 19.1 Å². The molecule has 2 aromatic rings. The third-order valence-corrected chi connectivity index (χ3v) is 4.39. The molecule has 1 heterocycles. The molecule has 124 valence electrons. The molecule has 0 saturated carbocycles. The molecule has 0 bridgehead atoms. The van der Waals surface area contributed by atoms with Crippen molar-refractivity contribution in [2.45, 2.75) is 39.4 Å². The molecule has 0 aliphatic carbocycles. The average Bonchev–Trinajstić information content (AvgIpc) is 3.03. The van der Waals surface area contributed by atoms with Gasteiger partial charge in [0.25, 0.3) is 5.91 Å². The largest absolute Gasteiger partial charge is 0.481 e. The lowest BCUT2D eigenvalue weighted by atomic mass is 10.2. The number of nitrogens with zero attached hydrogens (tertiary/aromatic N) is 1. The van der Waals surface area contributed by atoms with Crippen molar-refractivity contribution in [2.24, 2.45) is 0 Å². The minimum Gasteiger partial charge on any atom is -0.481 e. The molecule has 1 unspecified atom stereocenters. The molecule has 1 atom stereocenters. The Morgan fingerprint density at radius 1 is 1.48 bits per heavy atom. The molecular formula is C17H22N2O3S. The van der Waals surface area contributed by atoms with E-state index in [4.69, 9.17) is 9.84 Å². The highest BCUT2D eigenvalue weighted by Crippen LogP contribution is 2.15. The number of aliphatic hydroxyl groups is 1. The number of carbonyl (C=O) groups excluding carboxylic acids is 1. The van der Waals surface area contributed by atoms with E-state index in [1.54, 1.807) is 42.5 Å². The lowest BCUT2D eigenvalue weighted by Gasteiger charge is -2.15. The zero-order chi connectivity index (χ0) is 16.7. The van der Waals surface area contributed by atoms with Crippen LogP contribution in [0.4, 0.5) is 0 Å². The number of aliphatic hydroxyl groups excluding tert-OH is 1. The van der Waals surface area contributed by atoms with Crippen LogP contribution in [0.15, 0.2) is 29.6 Å². The van der Waals surface area contributed by atoms with Crippen molar-refractivity contribution in [3.8, 4) is 5.75 Å². The SMILES string of the molecule is CCc1nc(CCNC(=O)C(C)Oc2cccc(CO)c2)cs1. The third-order valence-electron chi connectivity index (χ3n) is 3.35. The summed E-state index contributed by atoms with van der Waals surface area (Å²) in [4.78, 5) is 16.5. The zero-order valence-corrected chi connectivity index (χ0v) is 14.2. The van der Waals surface area contributed by atoms with Crippen LogP contribution < -0.4 is 10.1 Å². The Balaban J connectivity index is 1.78. The lowest BCUT2D eigenvalue weighted by molar-refractivity contribution is -0.127. The Morgan fingerprint density at radius 2 is 2.30 bits per heavy atom. The van der Waals surface area contributed by atoms with E-state index >= 15 is 0 Å². The molecule has 1 aromatic carbocycles. The second kappa shape index (κ2) is 8.64. The summed E-state index contributed by atoms with van der Waals surface area (Å²) in [6.07, 6.45) is 1.06. The summed E-state index contributed by atoms with van der Waals surface area (Å²) in [6, 6.07) is 7.09. The van der Waals surface area contributed by atoms with Crippen molar-refractivity contribution in [2.75, 3.05) is 6.54 Å². The number of nitrogens with one attached hydrogen (secondary N) is 1. The zero-order valence-electron chi connectivity index (χ0n) is 13.4. The fourth-order valence-electron chi connectivity index (χ4n) is 2.06. The molecule has 2 rings (SSSR count). The molecule has 1 amide bonds. The van der Waals surface area contributed by atoms with Crippen molar-refractivity contribution in [1.82, 2.24) is 10.3 Å². The number of hydrogen-bond donors (Lipinski definition) is 2. The number of rotatable bonds is 8. The highest BCUT2D eigenvalue weighted by Gasteiger charge is 2.14. The van der Waals surface area contributed by atoms with Gasteiger partial charge in [0, 0.05) is 18.3 Å². The maximum atomic E-state index is 12.1. The van der Waals surface area contributed by atoms with Crippen LogP contribution in [-0.4, -0.2) is 28.6 Å². The summed E-state index contributed by atoms with van der Waals surface area (Å²) in [7, 11) is 0. The van der Waals surface area contributed by atoms with E-state index in [9.17, 15) is 4.79 Å². The molecule has 6 heteroatoms. The van der Waals surface area contributed by atoms with E-state index in [-0.39, 0.29) is 12.5 Å². The fourth-order valence-corrected chi connectivity index (χ4v) is 2.84. The van der Waals surface area contributed by atoms with Crippen LogP contribution in [0.2, 0.25) is 0 Å². The van der Waals surface area contributed by atoms with Gasteiger partial charge in [0.05, 0.1) is 17.3 Å². The molecular weight excluding hydrogens is 312 g/mol. The summed E-state index contributed by atoms with van der Waals surface area (Å²) in [5.41, 5.74) is 1.77. The summed E-state index contributed by atoms with van der Waals surface area (Å²) < 4.78 is 5.61. The maximum absolute atomic E-state index is 12.1. The van der Waals surface area contributed by atoms with E-state index in [0.29, 0.717) is 12.3 Å². The summed E-state index contributed by atoms with van der Waals surface area (Å²) in [5, 5.41) is 15.1. The highest BCUT2D eigenvalue weighted by atomic mass is 32.1. The van der Waals surface area contributed by atoms with Gasteiger partial charge in [0.2, 0.25) is 0 Å². The molecule has 0 saturated heterocycles. The normalized spacial score (nSPS) is 12.0. The van der Waals surface area contributed by atoms with Crippen molar-refractivity contribution < 1.29 is 14.6 Å². The average molecular weight is 334 g/mol. The molecule has 23 heavy (non-hydrogen) atoms. The van der Waals surface area contributed by atoms with Crippen molar-refractivity contribution in [3.05, 3.63) is 45.9 Å². The van der Waals surface area contributed by atoms with Gasteiger partial charge in [-0.05, 0) is 31.0 Å². The van der Waals surface area contributed by atoms with E-state index in [2.05, 4.69) is 17.2 Å². The van der Waals surface area contributed by atoms with Gasteiger partial charge >= 0.3 is 0 Å². The molecule has 0 radical (unpaired) electrons. The number of carbonyl (C=O) groups is 1. The van der Waals surface area contributed by atoms with Gasteiger partial charge in [-0.15, -0.1) is 11.3 Å². The number of ether oxygens (including phenoxy) is 1. The first kappa shape index (κ1) is 17.4. The van der Waals surface area contributed by atoms with Gasteiger partial charge < -0.3 is 15.2 Å². The Bertz CT molecular complexity index is 642. The molecule has 0 fully saturated rings. The van der Waals surface area contributed by atoms with Crippen molar-refractivity contribution >= 4 is 17.2 Å². The molecule has 0 aliphatic rings. The van der Waals surface area contributed by atoms with E-state index in [0.717, 1.165) is 29.1 Å². The van der Waals surface area contributed by atoms with E-state index < -0.39 is 6.10 Å². The molecule has 2 N–H and O–H groups in total. The maximum Gasteiger partial charge on any atom is 0.260 e. The monoisotopic (exact) mass is 334 g/mol. The Morgan fingerprint density at radius 3 is 3.00 bits per heavy atom. The topological polar surface area (TPSA) is 71.5 Å². The number of amides is 1. The fraction of sp³-hybridized carbons (Fsp3) is 0.412. The van der Waals surface area contributed by atoms with Crippen LogP contribution in [0.1, 0.15) is 30.1 Å². The van der Waals surface area contributed by atoms with Crippen LogP contribution in [0, 0.1) is 0 Å². The van der Waals surface area contributed by atoms with Crippen LogP contribution >= 0.6 is 11.3 Å². The Labute approximate surface area is 140 Å². The van der Waals surface area contributed by atoms with Crippen LogP contribution in [-0.2, 0) is 24.2 Å². The lowest BCUT2D eigenvalue weighted by Crippen LogP contribution is -2.37. The minimum atomic E-state index is -0.592. The van der Waals surface area contributed by atoms with Gasteiger partial charge in [0.15, 0.2) is 6.10 Å². The predicted molar refractivity (Wildman–Crippen MR) is 90.7 cm³/mol. The Kier molecular flexibility index (Phi) is 6.55. The summed E-state index contributed by atoms with van der Waals surface area (Å²) >= 11 is 1.65. The molecule has 0 aliphatic heterocycles. The number of thiazole rings is 1. The predicted octanol–water partition coefficient (Wildman–Crippen LogP) is 2.32. The second-order valence-corrected chi connectivity index (χ2v) is 6.14. The van der Waals surface area contributed by atoms with Gasteiger partial charge in [-0.3, -0.25) is 4.79 Å². The van der Waals surface area contributed by atoms with Crippen LogP contribution in [0.5, 0.6) is 5.75 Å². The minimum absolute atomic E-state index is 0.0504. The molecule has 0 spiro atoms. The summed E-state index contributed by atoms with van der Waals surface area (Å²) in [5.74, 6) is 0.414. The first-order valence-corrected chi connectivity index (χ1v) is 8.57. The number of aryl methyl sites for hydroxylation is 1. The Hall–Kier alpha value is -1.92. The van der Waals surface area contributed by atoms with Crippen LogP contribution in [0.3, 0.4) is 0 Å². The molecule has 5 nitrogen and oxygen atoms in total. The smallest absolute Gasteiger partial charge is 0.260 e. The van der Waals surface area contributed by atoms with Gasteiger partial charge in [0.1, 0.15) is 5.75 Å². The number of benzene rings is 1. The second-order valence-electron chi connectivity index (χ2n) is 5.19. The highest BCUT2D eigenvalue weighted by molar-refractivity contribution is 7.09. The van der Waals surface area contributed by atoms with E-state index in [1.165, 1.54) is 0 Å². The third kappa shape index (κ3) is 5.33. The summed E-state index contributed by atoms with van der Waals surface area (Å²) in [6.45, 7) is 4.27.